The molecule has 0 radical (unpaired) electrons. The summed E-state index contributed by atoms with van der Waals surface area (Å²) in [5, 5.41) is 2.92. The van der Waals surface area contributed by atoms with Gasteiger partial charge in [-0.3, -0.25) is 9.36 Å². The van der Waals surface area contributed by atoms with Crippen molar-refractivity contribution in [2.24, 2.45) is 0 Å². The normalized spacial score (nSPS) is 24.4. The number of piperidine rings is 1. The Balaban J connectivity index is 0.00000182. The largest absolute Gasteiger partial charge is 0.340 e. The maximum atomic E-state index is 14.6. The lowest BCUT2D eigenvalue weighted by atomic mass is 9.99. The monoisotopic (exact) mass is 368 g/mol. The number of rotatable bonds is 2. The summed E-state index contributed by atoms with van der Waals surface area (Å²) >= 11 is 0. The zero-order valence-electron chi connectivity index (χ0n) is 13.8. The van der Waals surface area contributed by atoms with Crippen molar-refractivity contribution in [1.29, 1.82) is 0 Å². The Labute approximate surface area is 150 Å². The SMILES string of the molecule is Cl.O=C(N1CCC(n2c(=O)[nH]c3ccccc32)CC1)C1(F)CCNC1. The number of para-hydroxylation sites is 2. The molecule has 2 aliphatic heterocycles. The minimum absolute atomic E-state index is 0. The van der Waals surface area contributed by atoms with Crippen molar-refractivity contribution >= 4 is 29.3 Å². The molecular formula is C17H22ClFN4O2. The highest BCUT2D eigenvalue weighted by Gasteiger charge is 2.44. The number of amides is 1. The van der Waals surface area contributed by atoms with E-state index in [4.69, 9.17) is 0 Å². The number of carbonyl (C=O) groups excluding carboxylic acids is 1. The number of nitrogens with zero attached hydrogens (tertiary/aromatic N) is 2. The molecule has 2 fully saturated rings. The summed E-state index contributed by atoms with van der Waals surface area (Å²) in [6, 6.07) is 7.64. The van der Waals surface area contributed by atoms with Crippen molar-refractivity contribution in [3.8, 4) is 0 Å². The van der Waals surface area contributed by atoms with Gasteiger partial charge in [-0.2, -0.15) is 0 Å². The van der Waals surface area contributed by atoms with Crippen LogP contribution in [0.4, 0.5) is 4.39 Å². The van der Waals surface area contributed by atoms with Crippen LogP contribution in [0.5, 0.6) is 0 Å². The maximum Gasteiger partial charge on any atom is 0.326 e. The van der Waals surface area contributed by atoms with Gasteiger partial charge in [-0.05, 0) is 31.5 Å². The quantitative estimate of drug-likeness (QED) is 0.846. The van der Waals surface area contributed by atoms with Crippen LogP contribution in [0, 0.1) is 0 Å². The van der Waals surface area contributed by atoms with Gasteiger partial charge in [0.1, 0.15) is 0 Å². The molecule has 136 valence electrons. The second-order valence-corrected chi connectivity index (χ2v) is 6.73. The van der Waals surface area contributed by atoms with Gasteiger partial charge in [0.2, 0.25) is 5.67 Å². The molecule has 2 aromatic rings. The lowest BCUT2D eigenvalue weighted by molar-refractivity contribution is -0.144. The van der Waals surface area contributed by atoms with Crippen molar-refractivity contribution in [3.05, 3.63) is 34.7 Å². The van der Waals surface area contributed by atoms with E-state index in [1.54, 1.807) is 9.47 Å². The number of aromatic nitrogens is 2. The Hall–Kier alpha value is -1.86. The number of H-pyrrole nitrogens is 1. The average molecular weight is 369 g/mol. The first-order valence-electron chi connectivity index (χ1n) is 8.47. The van der Waals surface area contributed by atoms with E-state index in [2.05, 4.69) is 10.3 Å². The number of fused-ring (bicyclic) bond motifs is 1. The Morgan fingerprint density at radius 3 is 2.64 bits per heavy atom. The van der Waals surface area contributed by atoms with E-state index in [0.717, 1.165) is 11.0 Å². The van der Waals surface area contributed by atoms with Crippen LogP contribution in [0.1, 0.15) is 25.3 Å². The van der Waals surface area contributed by atoms with Crippen LogP contribution in [0.15, 0.2) is 29.1 Å². The minimum Gasteiger partial charge on any atom is -0.340 e. The van der Waals surface area contributed by atoms with E-state index in [1.165, 1.54) is 0 Å². The number of benzene rings is 1. The minimum atomic E-state index is -1.76. The molecular weight excluding hydrogens is 347 g/mol. The Morgan fingerprint density at radius 2 is 1.96 bits per heavy atom. The topological polar surface area (TPSA) is 70.1 Å². The van der Waals surface area contributed by atoms with Crippen LogP contribution < -0.4 is 11.0 Å². The molecule has 2 saturated heterocycles. The van der Waals surface area contributed by atoms with E-state index >= 15 is 0 Å². The summed E-state index contributed by atoms with van der Waals surface area (Å²) in [6.45, 7) is 1.62. The molecule has 1 unspecified atom stereocenters. The molecule has 1 amide bonds. The first-order chi connectivity index (χ1) is 11.6. The van der Waals surface area contributed by atoms with Crippen LogP contribution in [0.2, 0.25) is 0 Å². The summed E-state index contributed by atoms with van der Waals surface area (Å²) < 4.78 is 16.4. The van der Waals surface area contributed by atoms with Gasteiger partial charge in [-0.15, -0.1) is 12.4 Å². The van der Waals surface area contributed by atoms with Gasteiger partial charge < -0.3 is 15.2 Å². The van der Waals surface area contributed by atoms with Crippen molar-refractivity contribution in [2.75, 3.05) is 26.2 Å². The molecule has 2 N–H and O–H groups in total. The van der Waals surface area contributed by atoms with E-state index in [-0.39, 0.29) is 37.1 Å². The molecule has 0 bridgehead atoms. The predicted molar refractivity (Wildman–Crippen MR) is 96.0 cm³/mol. The lowest BCUT2D eigenvalue weighted by Crippen LogP contribution is -2.50. The Kier molecular flexibility index (Phi) is 4.88. The number of hydrogen-bond donors (Lipinski definition) is 2. The lowest BCUT2D eigenvalue weighted by Gasteiger charge is -2.35. The van der Waals surface area contributed by atoms with Crippen molar-refractivity contribution < 1.29 is 9.18 Å². The van der Waals surface area contributed by atoms with Crippen LogP contribution in [-0.4, -0.2) is 52.2 Å². The second kappa shape index (κ2) is 6.80. The summed E-state index contributed by atoms with van der Waals surface area (Å²) in [5.41, 5.74) is -0.178. The number of halogens is 2. The van der Waals surface area contributed by atoms with Gasteiger partial charge in [0, 0.05) is 32.1 Å². The maximum absolute atomic E-state index is 14.6. The number of nitrogens with one attached hydrogen (secondary N) is 2. The third-order valence-corrected chi connectivity index (χ3v) is 5.23. The number of hydrogen-bond acceptors (Lipinski definition) is 3. The zero-order valence-corrected chi connectivity index (χ0v) is 14.7. The molecule has 1 atom stereocenters. The van der Waals surface area contributed by atoms with Crippen molar-refractivity contribution in [3.63, 3.8) is 0 Å². The summed E-state index contributed by atoms with van der Waals surface area (Å²) in [6.07, 6.45) is 1.57. The number of aromatic amines is 1. The van der Waals surface area contributed by atoms with Crippen LogP contribution in [0.3, 0.4) is 0 Å². The summed E-state index contributed by atoms with van der Waals surface area (Å²) in [4.78, 5) is 29.2. The molecule has 25 heavy (non-hydrogen) atoms. The van der Waals surface area contributed by atoms with Gasteiger partial charge in [0.15, 0.2) is 0 Å². The molecule has 1 aromatic carbocycles. The molecule has 3 heterocycles. The molecule has 1 aromatic heterocycles. The van der Waals surface area contributed by atoms with E-state index in [1.807, 2.05) is 24.3 Å². The van der Waals surface area contributed by atoms with Gasteiger partial charge in [-0.25, -0.2) is 9.18 Å². The number of likely N-dealkylation sites (tertiary alicyclic amines) is 1. The molecule has 4 rings (SSSR count). The van der Waals surface area contributed by atoms with Gasteiger partial charge in [0.25, 0.3) is 5.91 Å². The van der Waals surface area contributed by atoms with Gasteiger partial charge in [-0.1, -0.05) is 12.1 Å². The fraction of sp³-hybridized carbons (Fsp3) is 0.529. The molecule has 6 nitrogen and oxygen atoms in total. The molecule has 0 saturated carbocycles. The number of imidazole rings is 1. The van der Waals surface area contributed by atoms with Crippen molar-refractivity contribution in [1.82, 2.24) is 19.8 Å². The first kappa shape index (κ1) is 17.9. The van der Waals surface area contributed by atoms with Crippen LogP contribution in [0.25, 0.3) is 11.0 Å². The standard InChI is InChI=1S/C17H21FN4O2.ClH/c18-17(7-8-19-11-17)15(23)21-9-5-12(6-10-21)22-14-4-2-1-3-13(14)20-16(22)24;/h1-4,12,19H,5-11H2,(H,20,24);1H. The van der Waals surface area contributed by atoms with Gasteiger partial charge >= 0.3 is 5.69 Å². The van der Waals surface area contributed by atoms with E-state index in [0.29, 0.717) is 32.5 Å². The van der Waals surface area contributed by atoms with Crippen LogP contribution >= 0.6 is 12.4 Å². The number of carbonyl (C=O) groups is 1. The molecule has 0 spiro atoms. The third-order valence-electron chi connectivity index (χ3n) is 5.23. The van der Waals surface area contributed by atoms with Gasteiger partial charge in [0.05, 0.1) is 11.0 Å². The molecule has 2 aliphatic rings. The fourth-order valence-electron chi connectivity index (χ4n) is 3.89. The van der Waals surface area contributed by atoms with Crippen LogP contribution in [-0.2, 0) is 4.79 Å². The second-order valence-electron chi connectivity index (χ2n) is 6.73. The fourth-order valence-corrected chi connectivity index (χ4v) is 3.89. The third kappa shape index (κ3) is 3.06. The average Bonchev–Trinajstić information content (AvgIpc) is 3.18. The zero-order chi connectivity index (χ0) is 16.7. The Bertz CT molecular complexity index is 819. The Morgan fingerprint density at radius 1 is 1.24 bits per heavy atom. The van der Waals surface area contributed by atoms with Crippen molar-refractivity contribution in [2.45, 2.75) is 31.0 Å². The molecule has 8 heteroatoms. The van der Waals surface area contributed by atoms with E-state index in [9.17, 15) is 14.0 Å². The highest BCUT2D eigenvalue weighted by molar-refractivity contribution is 5.86. The predicted octanol–water partition coefficient (Wildman–Crippen LogP) is 1.62. The summed E-state index contributed by atoms with van der Waals surface area (Å²) in [7, 11) is 0. The summed E-state index contributed by atoms with van der Waals surface area (Å²) in [5.74, 6) is -0.405. The highest BCUT2D eigenvalue weighted by atomic mass is 35.5. The van der Waals surface area contributed by atoms with E-state index < -0.39 is 11.6 Å². The highest BCUT2D eigenvalue weighted by Crippen LogP contribution is 2.29. The first-order valence-corrected chi connectivity index (χ1v) is 8.47. The smallest absolute Gasteiger partial charge is 0.326 e. The molecule has 0 aliphatic carbocycles. The number of alkyl halides is 1.